The lowest BCUT2D eigenvalue weighted by molar-refractivity contribution is -0.137. The Bertz CT molecular complexity index is 181. The smallest absolute Gasteiger partial charge is 0.330 e. The summed E-state index contributed by atoms with van der Waals surface area (Å²) in [7, 11) is 1.99. The fourth-order valence-electron chi connectivity index (χ4n) is 0.972. The summed E-state index contributed by atoms with van der Waals surface area (Å²) in [6.07, 6.45) is 4.24. The van der Waals surface area contributed by atoms with Gasteiger partial charge in [-0.1, -0.05) is 6.08 Å². The third-order valence-electron chi connectivity index (χ3n) is 1.70. The number of nitrogens with zero attached hydrogens (tertiary/aromatic N) is 1. The molecule has 4 nitrogen and oxygen atoms in total. The molecule has 0 aliphatic heterocycles. The van der Waals surface area contributed by atoms with Crippen LogP contribution >= 0.6 is 0 Å². The van der Waals surface area contributed by atoms with Crippen LogP contribution in [0.25, 0.3) is 0 Å². The van der Waals surface area contributed by atoms with Crippen LogP contribution in [0.3, 0.4) is 0 Å². The molecule has 0 aliphatic rings. The van der Waals surface area contributed by atoms with Gasteiger partial charge in [-0.2, -0.15) is 0 Å². The number of hydrogen-bond acceptors (Lipinski definition) is 4. The Balaban J connectivity index is 3.54. The Morgan fingerprint density at radius 1 is 1.57 bits per heavy atom. The number of carbonyl (C=O) groups is 1. The Morgan fingerprint density at radius 3 is 2.86 bits per heavy atom. The van der Waals surface area contributed by atoms with Gasteiger partial charge in [0.25, 0.3) is 0 Å². The molecule has 0 aromatic carbocycles. The molecule has 0 bridgehead atoms. The number of rotatable bonds is 7. The zero-order valence-electron chi connectivity index (χ0n) is 9.03. The summed E-state index contributed by atoms with van der Waals surface area (Å²) in [4.78, 5) is 13.0. The molecule has 0 atom stereocenters. The van der Waals surface area contributed by atoms with Crippen LogP contribution in [0.2, 0.25) is 0 Å². The maximum absolute atomic E-state index is 10.9. The first-order valence-electron chi connectivity index (χ1n) is 4.92. The molecule has 82 valence electrons. The van der Waals surface area contributed by atoms with Crippen molar-refractivity contribution in [1.29, 1.82) is 0 Å². The topological polar surface area (TPSA) is 55.6 Å². The summed E-state index contributed by atoms with van der Waals surface area (Å²) in [6.45, 7) is 4.61. The molecule has 14 heavy (non-hydrogen) atoms. The SMILES string of the molecule is CCOC(=O)/C=C/CN(C)CCCN. The molecule has 0 fully saturated rings. The molecule has 0 rings (SSSR count). The minimum atomic E-state index is -0.278. The van der Waals surface area contributed by atoms with Gasteiger partial charge in [0.15, 0.2) is 0 Å². The van der Waals surface area contributed by atoms with E-state index in [4.69, 9.17) is 10.5 Å². The molecule has 0 saturated carbocycles. The quantitative estimate of drug-likeness (QED) is 0.477. The number of ether oxygens (including phenoxy) is 1. The maximum atomic E-state index is 10.9. The zero-order chi connectivity index (χ0) is 10.8. The third-order valence-corrected chi connectivity index (χ3v) is 1.70. The first kappa shape index (κ1) is 13.1. The van der Waals surface area contributed by atoms with Crippen LogP contribution in [0.4, 0.5) is 0 Å². The Hall–Kier alpha value is -0.870. The second kappa shape index (κ2) is 8.72. The molecule has 0 amide bonds. The van der Waals surface area contributed by atoms with Crippen LogP contribution in [-0.2, 0) is 9.53 Å². The molecule has 0 spiro atoms. The number of nitrogens with two attached hydrogens (primary N) is 1. The van der Waals surface area contributed by atoms with Crippen molar-refractivity contribution in [1.82, 2.24) is 4.90 Å². The van der Waals surface area contributed by atoms with Gasteiger partial charge in [-0.3, -0.25) is 0 Å². The normalized spacial score (nSPS) is 11.1. The third kappa shape index (κ3) is 7.76. The number of carbonyl (C=O) groups excluding carboxylic acids is 1. The van der Waals surface area contributed by atoms with Crippen molar-refractivity contribution in [3.63, 3.8) is 0 Å². The highest BCUT2D eigenvalue weighted by Crippen LogP contribution is 1.88. The molecule has 0 heterocycles. The van der Waals surface area contributed by atoms with Gasteiger partial charge >= 0.3 is 5.97 Å². The van der Waals surface area contributed by atoms with E-state index in [0.717, 1.165) is 19.5 Å². The predicted octanol–water partition coefficient (Wildman–Crippen LogP) is 0.386. The highest BCUT2D eigenvalue weighted by Gasteiger charge is 1.95. The fourth-order valence-corrected chi connectivity index (χ4v) is 0.972. The van der Waals surface area contributed by atoms with Gasteiger partial charge in [0.1, 0.15) is 0 Å². The van der Waals surface area contributed by atoms with Crippen molar-refractivity contribution in [3.8, 4) is 0 Å². The van der Waals surface area contributed by atoms with Crippen LogP contribution in [0.15, 0.2) is 12.2 Å². The van der Waals surface area contributed by atoms with Gasteiger partial charge in [-0.25, -0.2) is 4.79 Å². The maximum Gasteiger partial charge on any atom is 0.330 e. The molecular formula is C10H20N2O2. The highest BCUT2D eigenvalue weighted by atomic mass is 16.5. The molecule has 4 heteroatoms. The minimum Gasteiger partial charge on any atom is -0.463 e. The van der Waals surface area contributed by atoms with Crippen molar-refractivity contribution < 1.29 is 9.53 Å². The molecule has 2 N–H and O–H groups in total. The van der Waals surface area contributed by atoms with Crippen LogP contribution in [0.5, 0.6) is 0 Å². The molecular weight excluding hydrogens is 180 g/mol. The minimum absolute atomic E-state index is 0.278. The second-order valence-corrected chi connectivity index (χ2v) is 3.06. The van der Waals surface area contributed by atoms with E-state index in [0.29, 0.717) is 13.2 Å². The Morgan fingerprint density at radius 2 is 2.29 bits per heavy atom. The van der Waals surface area contributed by atoms with E-state index in [-0.39, 0.29) is 5.97 Å². The van der Waals surface area contributed by atoms with Gasteiger partial charge in [-0.15, -0.1) is 0 Å². The average molecular weight is 200 g/mol. The van der Waals surface area contributed by atoms with E-state index >= 15 is 0 Å². The van der Waals surface area contributed by atoms with Gasteiger partial charge in [-0.05, 0) is 33.5 Å². The Kier molecular flexibility index (Phi) is 8.17. The van der Waals surface area contributed by atoms with Crippen molar-refractivity contribution in [3.05, 3.63) is 12.2 Å². The number of likely N-dealkylation sites (N-methyl/N-ethyl adjacent to an activating group) is 1. The molecule has 0 radical (unpaired) electrons. The molecule has 0 unspecified atom stereocenters. The second-order valence-electron chi connectivity index (χ2n) is 3.06. The van der Waals surface area contributed by atoms with Crippen molar-refractivity contribution in [2.45, 2.75) is 13.3 Å². The van der Waals surface area contributed by atoms with Crippen molar-refractivity contribution in [2.75, 3.05) is 33.3 Å². The van der Waals surface area contributed by atoms with Crippen LogP contribution in [-0.4, -0.2) is 44.2 Å². The van der Waals surface area contributed by atoms with E-state index in [1.165, 1.54) is 6.08 Å². The predicted molar refractivity (Wildman–Crippen MR) is 56.9 cm³/mol. The molecule has 0 saturated heterocycles. The Labute approximate surface area is 85.7 Å². The summed E-state index contributed by atoms with van der Waals surface area (Å²) in [5.74, 6) is -0.278. The first-order valence-corrected chi connectivity index (χ1v) is 4.92. The lowest BCUT2D eigenvalue weighted by Gasteiger charge is -2.12. The summed E-state index contributed by atoms with van der Waals surface area (Å²) < 4.78 is 4.74. The number of hydrogen-bond donors (Lipinski definition) is 1. The summed E-state index contributed by atoms with van der Waals surface area (Å²) in [5, 5.41) is 0. The van der Waals surface area contributed by atoms with E-state index in [1.54, 1.807) is 13.0 Å². The van der Waals surface area contributed by atoms with Crippen molar-refractivity contribution >= 4 is 5.97 Å². The van der Waals surface area contributed by atoms with E-state index in [9.17, 15) is 4.79 Å². The fraction of sp³-hybridized carbons (Fsp3) is 0.700. The average Bonchev–Trinajstić information content (AvgIpc) is 2.15. The summed E-state index contributed by atoms with van der Waals surface area (Å²) in [6, 6.07) is 0. The first-order chi connectivity index (χ1) is 6.70. The largest absolute Gasteiger partial charge is 0.463 e. The zero-order valence-corrected chi connectivity index (χ0v) is 9.03. The van der Waals surface area contributed by atoms with Gasteiger partial charge in [0, 0.05) is 12.6 Å². The lowest BCUT2D eigenvalue weighted by Crippen LogP contribution is -2.21. The van der Waals surface area contributed by atoms with Gasteiger partial charge in [0.05, 0.1) is 6.61 Å². The lowest BCUT2D eigenvalue weighted by atomic mass is 10.4. The number of esters is 1. The standard InChI is InChI=1S/C10H20N2O2/c1-3-14-10(13)6-4-8-12(2)9-5-7-11/h4,6H,3,5,7-9,11H2,1-2H3/b6-4+. The molecule has 0 aliphatic carbocycles. The van der Waals surface area contributed by atoms with E-state index in [2.05, 4.69) is 4.90 Å². The van der Waals surface area contributed by atoms with E-state index in [1.807, 2.05) is 7.05 Å². The molecule has 0 aromatic heterocycles. The summed E-state index contributed by atoms with van der Waals surface area (Å²) >= 11 is 0. The molecule has 0 aromatic rings. The highest BCUT2D eigenvalue weighted by molar-refractivity contribution is 5.81. The van der Waals surface area contributed by atoms with Crippen LogP contribution < -0.4 is 5.73 Å². The van der Waals surface area contributed by atoms with E-state index < -0.39 is 0 Å². The van der Waals surface area contributed by atoms with Crippen LogP contribution in [0, 0.1) is 0 Å². The van der Waals surface area contributed by atoms with Gasteiger partial charge in [0.2, 0.25) is 0 Å². The van der Waals surface area contributed by atoms with Crippen LogP contribution in [0.1, 0.15) is 13.3 Å². The van der Waals surface area contributed by atoms with Crippen molar-refractivity contribution in [2.24, 2.45) is 5.73 Å². The summed E-state index contributed by atoms with van der Waals surface area (Å²) in [5.41, 5.74) is 5.37. The monoisotopic (exact) mass is 200 g/mol. The van der Waals surface area contributed by atoms with Gasteiger partial charge < -0.3 is 15.4 Å².